The van der Waals surface area contributed by atoms with Crippen molar-refractivity contribution in [3.63, 3.8) is 0 Å². The number of aromatic nitrogens is 6. The van der Waals surface area contributed by atoms with E-state index in [4.69, 9.17) is 56.9 Å². The van der Waals surface area contributed by atoms with E-state index >= 15 is 0 Å². The molecular weight excluding hydrogens is 1660 g/mol. The number of allylic oxidation sites excluding steroid dienone is 2. The molecule has 3 aliphatic heterocycles. The number of sulfonamides is 2. The van der Waals surface area contributed by atoms with Gasteiger partial charge in [0.1, 0.15) is 45.6 Å². The molecule has 650 valence electrons. The molecule has 17 rings (SSSR count). The third kappa shape index (κ3) is 20.6. The Kier molecular flexibility index (Phi) is 26.9. The van der Waals surface area contributed by atoms with Gasteiger partial charge in [-0.05, 0) is 227 Å². The molecule has 9 heterocycles. The summed E-state index contributed by atoms with van der Waals surface area (Å²) < 4.78 is 87.1. The number of carbonyl (C=O) groups excluding carboxylic acids is 2. The number of methoxy groups -OCH3 is 1. The second kappa shape index (κ2) is 38.4. The first-order valence-electron chi connectivity index (χ1n) is 42.5. The predicted octanol–water partition coefficient (Wildman–Crippen LogP) is 16.7. The van der Waals surface area contributed by atoms with E-state index in [0.717, 1.165) is 117 Å². The first-order chi connectivity index (χ1) is 60.0. The van der Waals surface area contributed by atoms with Gasteiger partial charge in [-0.15, -0.1) is 0 Å². The molecule has 0 radical (unpaired) electrons. The van der Waals surface area contributed by atoms with Crippen LogP contribution in [0.2, 0.25) is 10.0 Å². The molecular formula is C91H100Cl2N14O15S2. The summed E-state index contributed by atoms with van der Waals surface area (Å²) in [7, 11) is -7.56. The van der Waals surface area contributed by atoms with Gasteiger partial charge in [-0.2, -0.15) is 9.97 Å². The minimum absolute atomic E-state index is 0.103. The smallest absolute Gasteiger partial charge is 0.273 e. The summed E-state index contributed by atoms with van der Waals surface area (Å²) >= 11 is 12.5. The van der Waals surface area contributed by atoms with Crippen molar-refractivity contribution in [2.45, 2.75) is 125 Å². The van der Waals surface area contributed by atoms with Crippen LogP contribution < -0.4 is 28.7 Å². The van der Waals surface area contributed by atoms with Crippen LogP contribution in [0, 0.1) is 37.0 Å². The average Bonchev–Trinajstić information content (AvgIpc) is 0.964. The number of fused-ring (bicyclic) bond motifs is 2. The largest absolute Gasteiger partial charge is 0.436 e. The Morgan fingerprint density at radius 2 is 1.01 bits per heavy atom. The maximum Gasteiger partial charge on any atom is 0.273 e. The first kappa shape index (κ1) is 86.8. The van der Waals surface area contributed by atoms with Gasteiger partial charge in [0.2, 0.25) is 11.8 Å². The van der Waals surface area contributed by atoms with E-state index < -0.39 is 51.5 Å². The van der Waals surface area contributed by atoms with Gasteiger partial charge in [0, 0.05) is 149 Å². The number of H-pyrrole nitrogens is 2. The van der Waals surface area contributed by atoms with Gasteiger partial charge in [-0.3, -0.25) is 39.6 Å². The number of ether oxygens (including phenoxy) is 5. The number of halogens is 2. The third-order valence-corrected chi connectivity index (χ3v) is 28.7. The zero-order valence-electron chi connectivity index (χ0n) is 69.1. The lowest BCUT2D eigenvalue weighted by molar-refractivity contribution is -0.385. The number of piperazine rings is 2. The third-order valence-electron chi connectivity index (χ3n) is 25.6. The summed E-state index contributed by atoms with van der Waals surface area (Å²) in [6.07, 6.45) is 24.9. The lowest BCUT2D eigenvalue weighted by atomic mass is 9.59. The highest BCUT2D eigenvalue weighted by Crippen LogP contribution is 2.57. The number of nitrogens with zero attached hydrogens (tertiary/aromatic N) is 10. The van der Waals surface area contributed by atoms with Crippen molar-refractivity contribution in [3.05, 3.63) is 233 Å². The number of nitrogens with one attached hydrogen (secondary N) is 4. The lowest BCUT2D eigenvalue weighted by Gasteiger charge is -2.47. The Morgan fingerprint density at radius 1 is 0.556 bits per heavy atom. The first-order valence-corrected chi connectivity index (χ1v) is 46.2. The van der Waals surface area contributed by atoms with Crippen molar-refractivity contribution in [1.29, 1.82) is 0 Å². The normalized spacial score (nSPS) is 17.6. The fourth-order valence-electron chi connectivity index (χ4n) is 18.1. The number of rotatable bonds is 30. The minimum Gasteiger partial charge on any atom is -0.436 e. The maximum atomic E-state index is 13.9. The van der Waals surface area contributed by atoms with Crippen LogP contribution in [0.25, 0.3) is 33.2 Å². The molecule has 4 aliphatic carbocycles. The van der Waals surface area contributed by atoms with Gasteiger partial charge in [-0.25, -0.2) is 36.2 Å². The number of nitro groups is 2. The molecule has 2 saturated carbocycles. The molecule has 29 nitrogen and oxygen atoms in total. The highest BCUT2D eigenvalue weighted by molar-refractivity contribution is 7.90. The van der Waals surface area contributed by atoms with Crippen LogP contribution in [0.3, 0.4) is 0 Å². The maximum absolute atomic E-state index is 13.9. The van der Waals surface area contributed by atoms with Crippen LogP contribution >= 0.6 is 23.2 Å². The molecule has 124 heavy (non-hydrogen) atoms. The van der Waals surface area contributed by atoms with E-state index in [1.54, 1.807) is 43.8 Å². The topological polar surface area (TPSA) is 355 Å². The van der Waals surface area contributed by atoms with Crippen molar-refractivity contribution < 1.29 is 60.0 Å². The molecule has 3 saturated heterocycles. The molecule has 2 spiro atoms. The summed E-state index contributed by atoms with van der Waals surface area (Å²) in [5.74, 6) is -0.112. The van der Waals surface area contributed by atoms with Crippen molar-refractivity contribution >= 4 is 111 Å². The van der Waals surface area contributed by atoms with Crippen LogP contribution in [0.1, 0.15) is 146 Å². The molecule has 6 aromatic heterocycles. The fourth-order valence-corrected chi connectivity index (χ4v) is 20.4. The lowest BCUT2D eigenvalue weighted by Crippen LogP contribution is -2.47. The monoisotopic (exact) mass is 1760 g/mol. The number of aryl methyl sites for hydroxylation is 2. The highest BCUT2D eigenvalue weighted by Gasteiger charge is 2.43. The van der Waals surface area contributed by atoms with E-state index in [-0.39, 0.29) is 40.7 Å². The van der Waals surface area contributed by atoms with Gasteiger partial charge in [0.25, 0.3) is 43.2 Å². The number of hydrogen-bond donors (Lipinski definition) is 4. The van der Waals surface area contributed by atoms with E-state index in [9.17, 15) is 46.7 Å². The van der Waals surface area contributed by atoms with Gasteiger partial charge < -0.3 is 43.5 Å². The number of nitro benzene ring substituents is 2. The van der Waals surface area contributed by atoms with E-state index in [1.165, 1.54) is 134 Å². The molecule has 7 aliphatic rings. The van der Waals surface area contributed by atoms with Gasteiger partial charge >= 0.3 is 0 Å². The van der Waals surface area contributed by atoms with Crippen LogP contribution in [0.4, 0.5) is 23.0 Å². The Balaban J connectivity index is 0.000000183. The quantitative estimate of drug-likeness (QED) is 0.0184. The zero-order chi connectivity index (χ0) is 86.1. The Labute approximate surface area is 729 Å². The Morgan fingerprint density at radius 3 is 1.44 bits per heavy atom. The molecule has 10 aromatic rings. The van der Waals surface area contributed by atoms with Crippen molar-refractivity contribution in [3.8, 4) is 23.3 Å². The Bertz CT molecular complexity index is 5900. The number of hydrogen-bond acceptors (Lipinski definition) is 23. The van der Waals surface area contributed by atoms with Crippen LogP contribution in [-0.4, -0.2) is 184 Å². The highest BCUT2D eigenvalue weighted by atomic mass is 35.5. The van der Waals surface area contributed by atoms with E-state index in [2.05, 4.69) is 73.2 Å². The number of benzene rings is 4. The molecule has 0 bridgehead atoms. The molecule has 4 N–H and O–H groups in total. The molecule has 5 fully saturated rings. The predicted molar refractivity (Wildman–Crippen MR) is 474 cm³/mol. The number of carbonyl (C=O) groups is 2. The number of anilines is 2. The van der Waals surface area contributed by atoms with Gasteiger partial charge in [-0.1, -0.05) is 83.6 Å². The standard InChI is InChI=1S/C46H50ClN7O7S.C45H50ClN7O8S/c47-36-7-4-32(5-8-36)40-28-46(16-1-17-46)18-12-35(40)30-52-20-22-53(23-21-52)42-11-10-39(45(50-42)61-37-26-34-13-19-48-43(34)49-29-37)44(55)51-62(58,59)38-9-6-33(41(27-38)54(56)57)3-2-31-14-24-60-25-15-31;1-59-24-25-60-23-2-4-32-7-10-37(27-40(32)53(55)56)62(57,58)50-43(54)38-11-12-41(49-44(38)61-36-26-33-14-18-47-42(33)48-29-36)52-21-19-51(20-22-52)30-34-13-17-45(15-3-16-45)28-39(34)31-5-8-35(46)9-6-31/h4-11,13,19,26-27,29,31H,1-3,12,14-18,20-25,28,30H2,(H,48,49)(H,51,55);5-12,14,18,26-27,29H,2-4,13,15-17,19-25,28,30H2,1H3,(H,47,48)(H,50,54). The van der Waals surface area contributed by atoms with E-state index in [1.807, 2.05) is 36.4 Å². The second-order valence-corrected chi connectivity index (χ2v) is 37.7. The molecule has 2 amide bonds. The number of aromatic amines is 2. The summed E-state index contributed by atoms with van der Waals surface area (Å²) in [4.78, 5) is 83.5. The molecule has 0 atom stereocenters. The molecule has 33 heteroatoms. The van der Waals surface area contributed by atoms with E-state index in [0.29, 0.717) is 134 Å². The van der Waals surface area contributed by atoms with Gasteiger partial charge in [0.05, 0.1) is 45.2 Å². The zero-order valence-corrected chi connectivity index (χ0v) is 72.2. The SMILES string of the molecule is COCCOCCCc1ccc(S(=O)(=O)NC(=O)c2ccc(N3CCN(CC4=C(c5ccc(Cl)cc5)CC5(CCC5)CC4)CC3)nc2Oc2cnc3[nH]ccc3c2)cc1[N+](=O)[O-].O=C(NS(=O)(=O)c1ccc(CCC2CCOCC2)c([N+](=O)[O-])c1)c1ccc(N2CCN(CC3=C(c4ccc(Cl)cc4)CC4(CCC4)CC3)CC2)nc1Oc1cnc2[nH]ccc2c1. The minimum atomic E-state index is -4.57. The average molecular weight is 1760 g/mol. The summed E-state index contributed by atoms with van der Waals surface area (Å²) in [6, 6.07) is 37.4. The van der Waals surface area contributed by atoms with Crippen LogP contribution in [0.15, 0.2) is 179 Å². The molecule has 0 unspecified atom stereocenters. The van der Waals surface area contributed by atoms with Crippen LogP contribution in [0.5, 0.6) is 23.3 Å². The Hall–Kier alpha value is -10.7. The second-order valence-electron chi connectivity index (χ2n) is 33.5. The number of pyridine rings is 4. The summed E-state index contributed by atoms with van der Waals surface area (Å²) in [5.41, 5.74) is 10.5. The molecule has 4 aromatic carbocycles. The number of amides is 2. The van der Waals surface area contributed by atoms with Crippen molar-refractivity contribution in [2.75, 3.05) is 115 Å². The van der Waals surface area contributed by atoms with Gasteiger partial charge in [0.15, 0.2) is 0 Å². The van der Waals surface area contributed by atoms with Crippen molar-refractivity contribution in [1.82, 2.24) is 49.1 Å². The van der Waals surface area contributed by atoms with Crippen LogP contribution in [-0.2, 0) is 47.1 Å². The summed E-state index contributed by atoms with van der Waals surface area (Å²) in [5, 5.41) is 27.2. The summed E-state index contributed by atoms with van der Waals surface area (Å²) in [6.45, 7) is 10.2. The fraction of sp³-hybridized carbons (Fsp3) is 0.407. The van der Waals surface area contributed by atoms with Crippen molar-refractivity contribution in [2.24, 2.45) is 16.7 Å².